The Bertz CT molecular complexity index is 1000. The summed E-state index contributed by atoms with van der Waals surface area (Å²) in [4.78, 5) is 0.430. The van der Waals surface area contributed by atoms with Crippen molar-refractivity contribution < 1.29 is 27.4 Å². The van der Waals surface area contributed by atoms with Gasteiger partial charge in [-0.1, -0.05) is 36.4 Å². The maximum absolute atomic E-state index is 14.0. The summed E-state index contributed by atoms with van der Waals surface area (Å²) in [6.07, 6.45) is -3.24. The first-order valence-electron chi connectivity index (χ1n) is 8.95. The van der Waals surface area contributed by atoms with Crippen LogP contribution in [0, 0.1) is 11.6 Å². The Kier molecular flexibility index (Phi) is 7.18. The maximum atomic E-state index is 14.0. The lowest BCUT2D eigenvalue weighted by Gasteiger charge is -2.20. The van der Waals surface area contributed by atoms with Gasteiger partial charge in [-0.3, -0.25) is 0 Å². The van der Waals surface area contributed by atoms with Crippen LogP contribution in [0.15, 0.2) is 78.2 Å². The average molecular weight is 434 g/mol. The van der Waals surface area contributed by atoms with Crippen molar-refractivity contribution in [3.63, 3.8) is 0 Å². The molecule has 156 valence electrons. The van der Waals surface area contributed by atoms with Crippen LogP contribution < -0.4 is 4.74 Å². The van der Waals surface area contributed by atoms with E-state index in [-0.39, 0.29) is 17.1 Å². The van der Waals surface area contributed by atoms with Gasteiger partial charge in [0.1, 0.15) is 23.1 Å². The summed E-state index contributed by atoms with van der Waals surface area (Å²) in [7, 11) is 0. The standard InChI is InChI=1S/C23H18F4O2S/c1-2-18(28)21-20(30-13-14-6-4-3-5-7-14)9-8-19(22(21)23(26)27)29-17-11-15(24)10-16(25)12-17/h2-12,18,23,28H,1,13H2. The van der Waals surface area contributed by atoms with Gasteiger partial charge in [-0.15, -0.1) is 18.3 Å². The Labute approximate surface area is 175 Å². The number of benzene rings is 3. The number of hydrogen-bond donors (Lipinski definition) is 1. The number of aliphatic hydroxyl groups is 1. The van der Waals surface area contributed by atoms with Crippen LogP contribution in [0.3, 0.4) is 0 Å². The Morgan fingerprint density at radius 2 is 1.63 bits per heavy atom. The lowest BCUT2D eigenvalue weighted by atomic mass is 10.0. The number of ether oxygens (including phenoxy) is 1. The molecule has 2 nitrogen and oxygen atoms in total. The van der Waals surface area contributed by atoms with Gasteiger partial charge >= 0.3 is 0 Å². The minimum atomic E-state index is -3.00. The largest absolute Gasteiger partial charge is 0.457 e. The molecule has 7 heteroatoms. The van der Waals surface area contributed by atoms with E-state index < -0.39 is 29.7 Å². The summed E-state index contributed by atoms with van der Waals surface area (Å²) in [5, 5.41) is 10.4. The molecule has 3 aromatic carbocycles. The second-order valence-electron chi connectivity index (χ2n) is 6.35. The zero-order valence-electron chi connectivity index (χ0n) is 15.7. The van der Waals surface area contributed by atoms with E-state index in [2.05, 4.69) is 6.58 Å². The molecule has 0 bridgehead atoms. The van der Waals surface area contributed by atoms with Crippen LogP contribution in [-0.4, -0.2) is 5.11 Å². The molecule has 0 heterocycles. The second kappa shape index (κ2) is 9.82. The highest BCUT2D eigenvalue weighted by Crippen LogP contribution is 2.43. The molecule has 0 saturated carbocycles. The van der Waals surface area contributed by atoms with Crippen LogP contribution in [0.1, 0.15) is 29.2 Å². The summed E-state index contributed by atoms with van der Waals surface area (Å²) in [6, 6.07) is 14.7. The van der Waals surface area contributed by atoms with Crippen LogP contribution in [0.25, 0.3) is 0 Å². The van der Waals surface area contributed by atoms with Crippen molar-refractivity contribution in [2.75, 3.05) is 0 Å². The third-order valence-corrected chi connectivity index (χ3v) is 5.39. The van der Waals surface area contributed by atoms with Crippen molar-refractivity contribution in [2.24, 2.45) is 0 Å². The van der Waals surface area contributed by atoms with Crippen molar-refractivity contribution in [3.05, 3.63) is 102 Å². The molecular weight excluding hydrogens is 416 g/mol. The van der Waals surface area contributed by atoms with E-state index in [4.69, 9.17) is 4.74 Å². The van der Waals surface area contributed by atoms with E-state index in [1.807, 2.05) is 30.3 Å². The fourth-order valence-corrected chi connectivity index (χ4v) is 3.97. The molecule has 3 rings (SSSR count). The molecule has 0 aliphatic carbocycles. The molecule has 0 amide bonds. The van der Waals surface area contributed by atoms with Crippen molar-refractivity contribution >= 4 is 11.8 Å². The van der Waals surface area contributed by atoms with Gasteiger partial charge in [0.15, 0.2) is 0 Å². The molecule has 1 unspecified atom stereocenters. The minimum Gasteiger partial charge on any atom is -0.457 e. The van der Waals surface area contributed by atoms with Crippen LogP contribution in [-0.2, 0) is 5.75 Å². The van der Waals surface area contributed by atoms with E-state index >= 15 is 0 Å². The Morgan fingerprint density at radius 3 is 2.23 bits per heavy atom. The van der Waals surface area contributed by atoms with Crippen LogP contribution in [0.4, 0.5) is 17.6 Å². The number of thioether (sulfide) groups is 1. The van der Waals surface area contributed by atoms with Crippen molar-refractivity contribution in [2.45, 2.75) is 23.2 Å². The molecule has 0 fully saturated rings. The monoisotopic (exact) mass is 434 g/mol. The molecule has 0 saturated heterocycles. The van der Waals surface area contributed by atoms with Crippen LogP contribution >= 0.6 is 11.8 Å². The molecular formula is C23H18F4O2S. The van der Waals surface area contributed by atoms with E-state index in [0.29, 0.717) is 16.7 Å². The number of halogens is 4. The Hall–Kier alpha value is -2.77. The normalized spacial score (nSPS) is 12.1. The lowest BCUT2D eigenvalue weighted by Crippen LogP contribution is -2.05. The van der Waals surface area contributed by atoms with E-state index in [1.165, 1.54) is 23.9 Å². The quantitative estimate of drug-likeness (QED) is 0.231. The average Bonchev–Trinajstić information content (AvgIpc) is 2.71. The minimum absolute atomic E-state index is 0.0460. The fourth-order valence-electron chi connectivity index (χ4n) is 2.91. The molecule has 0 spiro atoms. The smallest absolute Gasteiger partial charge is 0.267 e. The van der Waals surface area contributed by atoms with Crippen LogP contribution in [0.5, 0.6) is 11.5 Å². The lowest BCUT2D eigenvalue weighted by molar-refractivity contribution is 0.139. The van der Waals surface area contributed by atoms with Gasteiger partial charge in [-0.05, 0) is 17.7 Å². The first-order chi connectivity index (χ1) is 14.4. The third kappa shape index (κ3) is 5.23. The number of alkyl halides is 2. The van der Waals surface area contributed by atoms with Gasteiger partial charge < -0.3 is 9.84 Å². The molecule has 1 N–H and O–H groups in total. The Balaban J connectivity index is 2.02. The van der Waals surface area contributed by atoms with E-state index in [9.17, 15) is 22.7 Å². The van der Waals surface area contributed by atoms with Gasteiger partial charge in [0.05, 0.1) is 11.7 Å². The van der Waals surface area contributed by atoms with Crippen molar-refractivity contribution in [1.82, 2.24) is 0 Å². The topological polar surface area (TPSA) is 29.5 Å². The van der Waals surface area contributed by atoms with Crippen LogP contribution in [0.2, 0.25) is 0 Å². The molecule has 0 aromatic heterocycles. The summed E-state index contributed by atoms with van der Waals surface area (Å²) in [5.41, 5.74) is 0.385. The van der Waals surface area contributed by atoms with Gasteiger partial charge in [0, 0.05) is 34.4 Å². The third-order valence-electron chi connectivity index (χ3n) is 4.25. The summed E-state index contributed by atoms with van der Waals surface area (Å²) in [5.74, 6) is -1.86. The number of aliphatic hydroxyl groups excluding tert-OH is 1. The highest BCUT2D eigenvalue weighted by Gasteiger charge is 2.26. The summed E-state index contributed by atoms with van der Waals surface area (Å²) in [6.45, 7) is 3.49. The molecule has 3 aromatic rings. The highest BCUT2D eigenvalue weighted by molar-refractivity contribution is 7.98. The van der Waals surface area contributed by atoms with Gasteiger partial charge in [-0.2, -0.15) is 0 Å². The second-order valence-corrected chi connectivity index (χ2v) is 7.37. The molecule has 30 heavy (non-hydrogen) atoms. The molecule has 0 aliphatic rings. The first kappa shape index (κ1) is 21.9. The number of rotatable bonds is 8. The van der Waals surface area contributed by atoms with E-state index in [0.717, 1.165) is 23.8 Å². The predicted molar refractivity (Wildman–Crippen MR) is 109 cm³/mol. The first-order valence-corrected chi connectivity index (χ1v) is 9.94. The summed E-state index contributed by atoms with van der Waals surface area (Å²) >= 11 is 1.28. The van der Waals surface area contributed by atoms with E-state index in [1.54, 1.807) is 0 Å². The molecule has 1 atom stereocenters. The number of hydrogen-bond acceptors (Lipinski definition) is 3. The maximum Gasteiger partial charge on any atom is 0.267 e. The SMILES string of the molecule is C=CC(O)c1c(SCc2ccccc2)ccc(Oc2cc(F)cc(F)c2)c1C(F)F. The Morgan fingerprint density at radius 1 is 0.967 bits per heavy atom. The molecule has 0 aliphatic heterocycles. The fraction of sp³-hybridized carbons (Fsp3) is 0.130. The van der Waals surface area contributed by atoms with Gasteiger partial charge in [-0.25, -0.2) is 17.6 Å². The van der Waals surface area contributed by atoms with Gasteiger partial charge in [0.25, 0.3) is 6.43 Å². The van der Waals surface area contributed by atoms with Gasteiger partial charge in [0.2, 0.25) is 0 Å². The predicted octanol–water partition coefficient (Wildman–Crippen LogP) is 7.21. The highest BCUT2D eigenvalue weighted by atomic mass is 32.2. The zero-order valence-corrected chi connectivity index (χ0v) is 16.5. The summed E-state index contributed by atoms with van der Waals surface area (Å²) < 4.78 is 60.3. The zero-order chi connectivity index (χ0) is 21.7. The van der Waals surface area contributed by atoms with Crippen molar-refractivity contribution in [3.8, 4) is 11.5 Å². The van der Waals surface area contributed by atoms with Crippen molar-refractivity contribution in [1.29, 1.82) is 0 Å². The molecule has 0 radical (unpaired) electrons.